The molecule has 0 unspecified atom stereocenters. The summed E-state index contributed by atoms with van der Waals surface area (Å²) in [5.41, 5.74) is 2.34. The predicted octanol–water partition coefficient (Wildman–Crippen LogP) is 2.23. The van der Waals surface area contributed by atoms with E-state index in [9.17, 15) is 4.79 Å². The molecule has 0 spiro atoms. The molecule has 2 heterocycles. The number of fused-ring (bicyclic) bond motifs is 1. The van der Waals surface area contributed by atoms with Crippen LogP contribution in [0.15, 0.2) is 43.0 Å². The van der Waals surface area contributed by atoms with Crippen LogP contribution in [0.3, 0.4) is 0 Å². The molecule has 6 heteroatoms. The lowest BCUT2D eigenvalue weighted by Crippen LogP contribution is -2.15. The lowest BCUT2D eigenvalue weighted by molar-refractivity contribution is 0.0959. The smallest absolute Gasteiger partial charge is 0.281 e. The number of carbonyl (C=O) groups is 1. The van der Waals surface area contributed by atoms with Crippen molar-refractivity contribution in [3.05, 3.63) is 54.2 Å². The van der Waals surface area contributed by atoms with Gasteiger partial charge in [0.1, 0.15) is 17.8 Å². The van der Waals surface area contributed by atoms with E-state index >= 15 is 0 Å². The SMILES string of the molecule is COc1ccc2c(c1)c(CCN(C)C)cn2C(=O)c1ccncn1. The number of carbonyl (C=O) groups excluding carboxylic acids is 1. The number of ether oxygens (including phenoxy) is 1. The molecule has 2 aromatic heterocycles. The number of methoxy groups -OCH3 is 1. The molecule has 0 aliphatic heterocycles. The fourth-order valence-corrected chi connectivity index (χ4v) is 2.66. The zero-order valence-electron chi connectivity index (χ0n) is 14.1. The van der Waals surface area contributed by atoms with Gasteiger partial charge in [0, 0.05) is 24.3 Å². The van der Waals surface area contributed by atoms with Crippen LogP contribution in [0, 0.1) is 0 Å². The van der Waals surface area contributed by atoms with Crippen LogP contribution in [-0.4, -0.2) is 53.1 Å². The first-order valence-electron chi connectivity index (χ1n) is 7.73. The molecule has 0 radical (unpaired) electrons. The lowest BCUT2D eigenvalue weighted by Gasteiger charge is -2.08. The van der Waals surface area contributed by atoms with Gasteiger partial charge >= 0.3 is 0 Å². The van der Waals surface area contributed by atoms with E-state index in [1.807, 2.05) is 38.5 Å². The molecule has 0 bridgehead atoms. The number of nitrogens with zero attached hydrogens (tertiary/aromatic N) is 4. The first kappa shape index (κ1) is 16.1. The minimum atomic E-state index is -0.163. The third kappa shape index (κ3) is 3.14. The molecule has 0 aliphatic rings. The number of benzene rings is 1. The van der Waals surface area contributed by atoms with Crippen LogP contribution in [0.5, 0.6) is 5.75 Å². The van der Waals surface area contributed by atoms with E-state index in [1.54, 1.807) is 23.9 Å². The number of rotatable bonds is 5. The molecule has 0 atom stereocenters. The zero-order valence-corrected chi connectivity index (χ0v) is 14.1. The molecular weight excluding hydrogens is 304 g/mol. The minimum absolute atomic E-state index is 0.163. The molecule has 124 valence electrons. The largest absolute Gasteiger partial charge is 0.497 e. The average molecular weight is 324 g/mol. The van der Waals surface area contributed by atoms with E-state index in [4.69, 9.17) is 4.74 Å². The summed E-state index contributed by atoms with van der Waals surface area (Å²) in [5.74, 6) is 0.615. The summed E-state index contributed by atoms with van der Waals surface area (Å²) in [4.78, 5) is 22.8. The average Bonchev–Trinajstić information content (AvgIpc) is 2.97. The Kier molecular flexibility index (Phi) is 4.57. The summed E-state index contributed by atoms with van der Waals surface area (Å²) in [7, 11) is 5.71. The molecule has 3 aromatic rings. The summed E-state index contributed by atoms with van der Waals surface area (Å²) < 4.78 is 6.99. The van der Waals surface area contributed by atoms with Crippen molar-refractivity contribution in [3.8, 4) is 5.75 Å². The minimum Gasteiger partial charge on any atom is -0.497 e. The second-order valence-corrected chi connectivity index (χ2v) is 5.86. The highest BCUT2D eigenvalue weighted by Crippen LogP contribution is 2.27. The van der Waals surface area contributed by atoms with Crippen molar-refractivity contribution in [2.75, 3.05) is 27.7 Å². The summed E-state index contributed by atoms with van der Waals surface area (Å²) in [6, 6.07) is 7.37. The number of aromatic nitrogens is 3. The van der Waals surface area contributed by atoms with Crippen LogP contribution < -0.4 is 4.74 Å². The van der Waals surface area contributed by atoms with Crippen molar-refractivity contribution in [2.24, 2.45) is 0 Å². The van der Waals surface area contributed by atoms with Gasteiger partial charge in [-0.15, -0.1) is 0 Å². The molecule has 0 amide bonds. The van der Waals surface area contributed by atoms with Gasteiger partial charge in [-0.3, -0.25) is 9.36 Å². The Bertz CT molecular complexity index is 856. The predicted molar refractivity (Wildman–Crippen MR) is 92.5 cm³/mol. The Morgan fingerprint density at radius 3 is 2.79 bits per heavy atom. The van der Waals surface area contributed by atoms with Crippen LogP contribution in [-0.2, 0) is 6.42 Å². The fraction of sp³-hybridized carbons (Fsp3) is 0.278. The first-order chi connectivity index (χ1) is 11.6. The van der Waals surface area contributed by atoms with Gasteiger partial charge in [-0.2, -0.15) is 0 Å². The summed E-state index contributed by atoms with van der Waals surface area (Å²) in [5, 5.41) is 1.03. The van der Waals surface area contributed by atoms with E-state index in [0.29, 0.717) is 5.69 Å². The van der Waals surface area contributed by atoms with Crippen LogP contribution in [0.2, 0.25) is 0 Å². The van der Waals surface area contributed by atoms with Crippen LogP contribution in [0.4, 0.5) is 0 Å². The van der Waals surface area contributed by atoms with Crippen LogP contribution in [0.25, 0.3) is 10.9 Å². The Balaban J connectivity index is 2.09. The lowest BCUT2D eigenvalue weighted by atomic mass is 10.1. The molecule has 24 heavy (non-hydrogen) atoms. The van der Waals surface area contributed by atoms with E-state index in [0.717, 1.165) is 35.2 Å². The number of likely N-dealkylation sites (N-methyl/N-ethyl adjacent to an activating group) is 1. The van der Waals surface area contributed by atoms with Gasteiger partial charge in [0.25, 0.3) is 5.91 Å². The molecule has 0 aliphatic carbocycles. The van der Waals surface area contributed by atoms with Gasteiger partial charge in [0.05, 0.1) is 12.6 Å². The van der Waals surface area contributed by atoms with Crippen molar-refractivity contribution in [3.63, 3.8) is 0 Å². The molecule has 0 saturated carbocycles. The summed E-state index contributed by atoms with van der Waals surface area (Å²) in [6.07, 6.45) is 5.70. The summed E-state index contributed by atoms with van der Waals surface area (Å²) in [6.45, 7) is 0.901. The van der Waals surface area contributed by atoms with Gasteiger partial charge in [-0.05, 0) is 50.3 Å². The molecule has 0 fully saturated rings. The van der Waals surface area contributed by atoms with Gasteiger partial charge in [-0.25, -0.2) is 9.97 Å². The first-order valence-corrected chi connectivity index (χ1v) is 7.73. The standard InChI is InChI=1S/C18H20N4O2/c1-21(2)9-7-13-11-22(18(23)16-6-8-19-12-20-16)17-5-4-14(24-3)10-15(13)17/h4-6,8,10-12H,7,9H2,1-3H3. The van der Waals surface area contributed by atoms with Crippen molar-refractivity contribution in [2.45, 2.75) is 6.42 Å². The molecular formula is C18H20N4O2. The van der Waals surface area contributed by atoms with Crippen LogP contribution >= 0.6 is 0 Å². The normalized spacial score (nSPS) is 11.2. The highest BCUT2D eigenvalue weighted by Gasteiger charge is 2.16. The van der Waals surface area contributed by atoms with E-state index < -0.39 is 0 Å². The zero-order chi connectivity index (χ0) is 17.1. The number of hydrogen-bond acceptors (Lipinski definition) is 5. The Labute approximate surface area is 140 Å². The molecule has 1 aromatic carbocycles. The fourth-order valence-electron chi connectivity index (χ4n) is 2.66. The molecule has 3 rings (SSSR count). The third-order valence-electron chi connectivity index (χ3n) is 3.94. The van der Waals surface area contributed by atoms with Crippen molar-refractivity contribution in [1.82, 2.24) is 19.4 Å². The molecule has 0 N–H and O–H groups in total. The molecule has 6 nitrogen and oxygen atoms in total. The van der Waals surface area contributed by atoms with Gasteiger partial charge in [0.15, 0.2) is 0 Å². The highest BCUT2D eigenvalue weighted by atomic mass is 16.5. The van der Waals surface area contributed by atoms with Gasteiger partial charge in [-0.1, -0.05) is 0 Å². The Morgan fingerprint density at radius 2 is 2.12 bits per heavy atom. The van der Waals surface area contributed by atoms with Crippen molar-refractivity contribution in [1.29, 1.82) is 0 Å². The maximum atomic E-state index is 12.8. The van der Waals surface area contributed by atoms with E-state index in [-0.39, 0.29) is 5.91 Å². The second kappa shape index (κ2) is 6.80. The van der Waals surface area contributed by atoms with E-state index in [1.165, 1.54) is 6.33 Å². The Hall–Kier alpha value is -2.73. The van der Waals surface area contributed by atoms with Gasteiger partial charge in [0.2, 0.25) is 0 Å². The topological polar surface area (TPSA) is 60.2 Å². The Morgan fingerprint density at radius 1 is 1.29 bits per heavy atom. The maximum absolute atomic E-state index is 12.8. The quantitative estimate of drug-likeness (QED) is 0.720. The van der Waals surface area contributed by atoms with E-state index in [2.05, 4.69) is 14.9 Å². The maximum Gasteiger partial charge on any atom is 0.281 e. The van der Waals surface area contributed by atoms with Crippen LogP contribution in [0.1, 0.15) is 16.1 Å². The van der Waals surface area contributed by atoms with Crippen molar-refractivity contribution < 1.29 is 9.53 Å². The third-order valence-corrected chi connectivity index (χ3v) is 3.94. The monoisotopic (exact) mass is 324 g/mol. The highest BCUT2D eigenvalue weighted by molar-refractivity contribution is 6.02. The van der Waals surface area contributed by atoms with Gasteiger partial charge < -0.3 is 9.64 Å². The van der Waals surface area contributed by atoms with Crippen molar-refractivity contribution >= 4 is 16.8 Å². The second-order valence-electron chi connectivity index (χ2n) is 5.86. The molecule has 0 saturated heterocycles. The number of hydrogen-bond donors (Lipinski definition) is 0. The summed E-state index contributed by atoms with van der Waals surface area (Å²) >= 11 is 0.